The zero-order valence-electron chi connectivity index (χ0n) is 8.32. The normalized spacial score (nSPS) is 37.7. The van der Waals surface area contributed by atoms with E-state index in [-0.39, 0.29) is 6.09 Å². The highest BCUT2D eigenvalue weighted by molar-refractivity contribution is 5.70. The van der Waals surface area contributed by atoms with Gasteiger partial charge in [-0.05, 0) is 32.4 Å². The van der Waals surface area contributed by atoms with Crippen LogP contribution < -0.4 is 0 Å². The molecule has 2 unspecified atom stereocenters. The van der Waals surface area contributed by atoms with Gasteiger partial charge >= 0.3 is 6.09 Å². The molecular formula is C10H16N2O2. The first-order valence-electron chi connectivity index (χ1n) is 5.52. The minimum atomic E-state index is -0.100. The smallest absolute Gasteiger partial charge is 0.410 e. The molecular weight excluding hydrogens is 180 g/mol. The maximum Gasteiger partial charge on any atom is 0.410 e. The van der Waals surface area contributed by atoms with Crippen LogP contribution in [0.25, 0.3) is 0 Å². The number of fused-ring (bicyclic) bond motifs is 1. The van der Waals surface area contributed by atoms with Crippen molar-refractivity contribution in [2.24, 2.45) is 0 Å². The number of hydrogen-bond donors (Lipinski definition) is 0. The fraction of sp³-hybridized carbons (Fsp3) is 0.900. The number of rotatable bonds is 1. The van der Waals surface area contributed by atoms with Gasteiger partial charge in [-0.1, -0.05) is 0 Å². The number of carbonyl (C=O) groups is 1. The lowest BCUT2D eigenvalue weighted by molar-refractivity contribution is 0.150. The second kappa shape index (κ2) is 3.12. The Hall–Kier alpha value is -0.770. The van der Waals surface area contributed by atoms with Gasteiger partial charge in [0, 0.05) is 12.6 Å². The van der Waals surface area contributed by atoms with E-state index in [1.54, 1.807) is 0 Å². The van der Waals surface area contributed by atoms with Crippen molar-refractivity contribution < 1.29 is 9.53 Å². The number of hydrogen-bond acceptors (Lipinski definition) is 3. The molecule has 0 bridgehead atoms. The number of ether oxygens (including phenoxy) is 1. The summed E-state index contributed by atoms with van der Waals surface area (Å²) in [4.78, 5) is 15.7. The Labute approximate surface area is 83.8 Å². The van der Waals surface area contributed by atoms with Crippen LogP contribution in [0.1, 0.15) is 19.3 Å². The third-order valence-electron chi connectivity index (χ3n) is 3.68. The molecule has 0 saturated carbocycles. The maximum atomic E-state index is 11.3. The summed E-state index contributed by atoms with van der Waals surface area (Å²) in [5.74, 6) is 0. The lowest BCUT2D eigenvalue weighted by Crippen LogP contribution is -2.36. The molecule has 3 aliphatic heterocycles. The van der Waals surface area contributed by atoms with E-state index in [9.17, 15) is 4.79 Å². The summed E-state index contributed by atoms with van der Waals surface area (Å²) in [5, 5.41) is 0. The second-order valence-corrected chi connectivity index (χ2v) is 4.52. The summed E-state index contributed by atoms with van der Waals surface area (Å²) in [5.41, 5.74) is 0. The Balaban J connectivity index is 1.67. The van der Waals surface area contributed by atoms with E-state index in [1.165, 1.54) is 25.9 Å². The molecule has 0 aromatic carbocycles. The summed E-state index contributed by atoms with van der Waals surface area (Å²) in [6.45, 7) is 3.95. The highest BCUT2D eigenvalue weighted by atomic mass is 16.6. The number of likely N-dealkylation sites (tertiary alicyclic amines) is 1. The molecule has 2 atom stereocenters. The van der Waals surface area contributed by atoms with Gasteiger partial charge in [0.15, 0.2) is 0 Å². The van der Waals surface area contributed by atoms with Crippen LogP contribution in [-0.2, 0) is 4.74 Å². The first-order chi connectivity index (χ1) is 6.84. The van der Waals surface area contributed by atoms with E-state index in [2.05, 4.69) is 4.90 Å². The highest BCUT2D eigenvalue weighted by Gasteiger charge is 2.43. The summed E-state index contributed by atoms with van der Waals surface area (Å²) >= 11 is 0. The quantitative estimate of drug-likeness (QED) is 0.618. The predicted octanol–water partition coefficient (Wildman–Crippen LogP) is 0.675. The second-order valence-electron chi connectivity index (χ2n) is 4.52. The van der Waals surface area contributed by atoms with Crippen molar-refractivity contribution in [2.75, 3.05) is 26.2 Å². The first-order valence-corrected chi connectivity index (χ1v) is 5.52. The monoisotopic (exact) mass is 196 g/mol. The van der Waals surface area contributed by atoms with Crippen LogP contribution in [0.3, 0.4) is 0 Å². The molecule has 4 heteroatoms. The lowest BCUT2D eigenvalue weighted by Gasteiger charge is -2.22. The molecule has 0 radical (unpaired) electrons. The molecule has 78 valence electrons. The fourth-order valence-electron chi connectivity index (χ4n) is 2.90. The van der Waals surface area contributed by atoms with E-state index in [4.69, 9.17) is 4.74 Å². The minimum Gasteiger partial charge on any atom is -0.447 e. The van der Waals surface area contributed by atoms with Crippen molar-refractivity contribution in [3.8, 4) is 0 Å². The average Bonchev–Trinajstić information content (AvgIpc) is 2.83. The van der Waals surface area contributed by atoms with Crippen LogP contribution in [0.5, 0.6) is 0 Å². The Morgan fingerprint density at radius 2 is 2.00 bits per heavy atom. The van der Waals surface area contributed by atoms with Crippen molar-refractivity contribution in [1.29, 1.82) is 0 Å². The molecule has 3 saturated heterocycles. The van der Waals surface area contributed by atoms with Gasteiger partial charge in [-0.3, -0.25) is 4.90 Å². The van der Waals surface area contributed by atoms with Crippen molar-refractivity contribution in [2.45, 2.75) is 31.3 Å². The van der Waals surface area contributed by atoms with Crippen LogP contribution >= 0.6 is 0 Å². The SMILES string of the molecule is O=C1OCC2CC(N3CCCC3)CN12. The largest absolute Gasteiger partial charge is 0.447 e. The Bertz CT molecular complexity index is 251. The molecule has 3 aliphatic rings. The van der Waals surface area contributed by atoms with Crippen molar-refractivity contribution in [3.05, 3.63) is 0 Å². The third-order valence-corrected chi connectivity index (χ3v) is 3.68. The fourth-order valence-corrected chi connectivity index (χ4v) is 2.90. The van der Waals surface area contributed by atoms with Crippen molar-refractivity contribution in [3.63, 3.8) is 0 Å². The van der Waals surface area contributed by atoms with Gasteiger partial charge in [0.25, 0.3) is 0 Å². The van der Waals surface area contributed by atoms with Gasteiger partial charge in [-0.15, -0.1) is 0 Å². The van der Waals surface area contributed by atoms with Crippen LogP contribution in [0.2, 0.25) is 0 Å². The molecule has 1 amide bonds. The summed E-state index contributed by atoms with van der Waals surface area (Å²) in [6, 6.07) is 0.975. The molecule has 14 heavy (non-hydrogen) atoms. The Kier molecular flexibility index (Phi) is 1.90. The van der Waals surface area contributed by atoms with Crippen LogP contribution in [0.4, 0.5) is 4.79 Å². The topological polar surface area (TPSA) is 32.8 Å². The summed E-state index contributed by atoms with van der Waals surface area (Å²) in [7, 11) is 0. The number of nitrogens with zero attached hydrogens (tertiary/aromatic N) is 2. The van der Waals surface area contributed by atoms with E-state index in [0.29, 0.717) is 18.7 Å². The van der Waals surface area contributed by atoms with Crippen LogP contribution in [-0.4, -0.2) is 54.2 Å². The van der Waals surface area contributed by atoms with Crippen LogP contribution in [0, 0.1) is 0 Å². The molecule has 0 aromatic rings. The average molecular weight is 196 g/mol. The lowest BCUT2D eigenvalue weighted by atomic mass is 10.1. The molecule has 3 rings (SSSR count). The summed E-state index contributed by atoms with van der Waals surface area (Å²) in [6.07, 6.45) is 3.67. The molecule has 4 nitrogen and oxygen atoms in total. The van der Waals surface area contributed by atoms with E-state index < -0.39 is 0 Å². The van der Waals surface area contributed by atoms with Gasteiger partial charge in [-0.2, -0.15) is 0 Å². The molecule has 0 aliphatic carbocycles. The molecule has 0 spiro atoms. The number of carbonyl (C=O) groups excluding carboxylic acids is 1. The van der Waals surface area contributed by atoms with Gasteiger partial charge in [0.05, 0.1) is 6.04 Å². The zero-order valence-corrected chi connectivity index (χ0v) is 8.32. The standard InChI is InChI=1S/C10H16N2O2/c13-10-12-6-8(5-9(12)7-14-10)11-3-1-2-4-11/h8-9H,1-7H2. The van der Waals surface area contributed by atoms with E-state index in [0.717, 1.165) is 13.0 Å². The third kappa shape index (κ3) is 1.21. The first kappa shape index (κ1) is 8.53. The van der Waals surface area contributed by atoms with Gasteiger partial charge in [0.2, 0.25) is 0 Å². The molecule has 0 aromatic heterocycles. The van der Waals surface area contributed by atoms with E-state index >= 15 is 0 Å². The molecule has 3 heterocycles. The van der Waals surface area contributed by atoms with Gasteiger partial charge in [0.1, 0.15) is 6.61 Å². The van der Waals surface area contributed by atoms with Gasteiger partial charge in [-0.25, -0.2) is 4.79 Å². The minimum absolute atomic E-state index is 0.100. The van der Waals surface area contributed by atoms with Crippen molar-refractivity contribution in [1.82, 2.24) is 9.80 Å². The van der Waals surface area contributed by atoms with E-state index in [1.807, 2.05) is 4.90 Å². The van der Waals surface area contributed by atoms with Gasteiger partial charge < -0.3 is 9.64 Å². The number of cyclic esters (lactones) is 1. The highest BCUT2D eigenvalue weighted by Crippen LogP contribution is 2.29. The number of amides is 1. The predicted molar refractivity (Wildman–Crippen MR) is 51.1 cm³/mol. The van der Waals surface area contributed by atoms with Crippen molar-refractivity contribution >= 4 is 6.09 Å². The Morgan fingerprint density at radius 3 is 2.71 bits per heavy atom. The zero-order chi connectivity index (χ0) is 9.54. The maximum absolute atomic E-state index is 11.3. The molecule has 0 N–H and O–H groups in total. The molecule has 3 fully saturated rings. The Morgan fingerprint density at radius 1 is 1.21 bits per heavy atom. The summed E-state index contributed by atoms with van der Waals surface area (Å²) < 4.78 is 5.00. The van der Waals surface area contributed by atoms with Crippen LogP contribution in [0.15, 0.2) is 0 Å².